The third kappa shape index (κ3) is 5.50. The first-order valence-electron chi connectivity index (χ1n) is 10.6. The summed E-state index contributed by atoms with van der Waals surface area (Å²) < 4.78 is 34.7. The van der Waals surface area contributed by atoms with Crippen LogP contribution in [0.15, 0.2) is 41.2 Å². The summed E-state index contributed by atoms with van der Waals surface area (Å²) in [6.45, 7) is 8.97. The maximum absolute atomic E-state index is 14.1. The molecule has 0 bridgehead atoms. The molecule has 3 aromatic rings. The Bertz CT molecular complexity index is 1230. The molecule has 0 aliphatic heterocycles. The normalized spacial score (nSPS) is 13.6. The maximum Gasteiger partial charge on any atom is 0.408 e. The van der Waals surface area contributed by atoms with Gasteiger partial charge in [-0.3, -0.25) is 9.36 Å². The van der Waals surface area contributed by atoms with Crippen molar-refractivity contribution >= 4 is 28.6 Å². The number of hydrogen-bond donors (Lipinski definition) is 1. The molecule has 0 radical (unpaired) electrons. The van der Waals surface area contributed by atoms with Crippen LogP contribution in [-0.4, -0.2) is 21.2 Å². The molecule has 1 aromatic heterocycles. The van der Waals surface area contributed by atoms with Gasteiger partial charge >= 0.3 is 6.09 Å². The summed E-state index contributed by atoms with van der Waals surface area (Å²) in [7, 11) is 0. The molecule has 0 aliphatic rings. The quantitative estimate of drug-likeness (QED) is 0.494. The average molecular weight is 478 g/mol. The zero-order chi connectivity index (χ0) is 24.5. The number of rotatable bonds is 5. The summed E-state index contributed by atoms with van der Waals surface area (Å²) in [4.78, 5) is 30.8. The van der Waals surface area contributed by atoms with Crippen molar-refractivity contribution < 1.29 is 18.3 Å². The fourth-order valence-corrected chi connectivity index (χ4v) is 3.72. The van der Waals surface area contributed by atoms with Crippen LogP contribution in [0.5, 0.6) is 0 Å². The maximum atomic E-state index is 14.1. The van der Waals surface area contributed by atoms with Gasteiger partial charge in [0, 0.05) is 6.07 Å². The summed E-state index contributed by atoms with van der Waals surface area (Å²) in [6.07, 6.45) is -0.0910. The Morgan fingerprint density at radius 2 is 1.85 bits per heavy atom. The van der Waals surface area contributed by atoms with Gasteiger partial charge in [0.1, 0.15) is 23.1 Å². The first-order chi connectivity index (χ1) is 15.4. The van der Waals surface area contributed by atoms with Crippen LogP contribution in [-0.2, 0) is 4.74 Å². The van der Waals surface area contributed by atoms with Crippen molar-refractivity contribution in [2.45, 2.75) is 52.7 Å². The molecule has 0 saturated heterocycles. The van der Waals surface area contributed by atoms with E-state index in [4.69, 9.17) is 16.3 Å². The third-order valence-electron chi connectivity index (χ3n) is 5.14. The van der Waals surface area contributed by atoms with Gasteiger partial charge in [0.15, 0.2) is 0 Å². The number of alkyl carbamates (subject to hydrolysis) is 1. The number of amides is 1. The monoisotopic (exact) mass is 477 g/mol. The number of benzene rings is 2. The van der Waals surface area contributed by atoms with Crippen molar-refractivity contribution in [3.8, 4) is 5.69 Å². The van der Waals surface area contributed by atoms with Crippen molar-refractivity contribution in [2.24, 2.45) is 5.92 Å². The summed E-state index contributed by atoms with van der Waals surface area (Å²) in [6, 6.07) is 6.76. The summed E-state index contributed by atoms with van der Waals surface area (Å²) in [5.74, 6) is -1.81. The van der Waals surface area contributed by atoms with Crippen molar-refractivity contribution in [3.63, 3.8) is 0 Å². The predicted molar refractivity (Wildman–Crippen MR) is 124 cm³/mol. The van der Waals surface area contributed by atoms with Gasteiger partial charge in [0.25, 0.3) is 5.56 Å². The van der Waals surface area contributed by atoms with Crippen molar-refractivity contribution in [2.75, 3.05) is 0 Å². The molecule has 0 saturated carbocycles. The van der Waals surface area contributed by atoms with E-state index < -0.39 is 34.9 Å². The van der Waals surface area contributed by atoms with Gasteiger partial charge in [-0.25, -0.2) is 18.6 Å². The SMILES string of the molecule is CCC(C)[C@H](NC(=O)OC(C)(C)C)c1nc2cccc(Cl)c2c(=O)n1-c1cc(F)cc(F)c1. The average Bonchev–Trinajstić information content (AvgIpc) is 2.69. The molecule has 0 fully saturated rings. The second kappa shape index (κ2) is 9.47. The van der Waals surface area contributed by atoms with E-state index in [-0.39, 0.29) is 27.8 Å². The fourth-order valence-electron chi connectivity index (χ4n) is 3.46. The van der Waals surface area contributed by atoms with Gasteiger partial charge in [-0.2, -0.15) is 0 Å². The number of ether oxygens (including phenoxy) is 1. The van der Waals surface area contributed by atoms with E-state index in [2.05, 4.69) is 10.3 Å². The standard InChI is InChI=1S/C24H26ClF2N3O3/c1-6-13(2)20(29-23(32)33-24(3,4)5)21-28-18-9-7-8-17(25)19(18)22(31)30(21)16-11-14(26)10-15(27)12-16/h7-13,20H,6H2,1-5H3,(H,29,32)/t13?,20-/m0/s1. The molecule has 6 nitrogen and oxygen atoms in total. The summed E-state index contributed by atoms with van der Waals surface area (Å²) >= 11 is 6.27. The van der Waals surface area contributed by atoms with E-state index in [9.17, 15) is 18.4 Å². The number of carbonyl (C=O) groups is 1. The predicted octanol–water partition coefficient (Wildman–Crippen LogP) is 5.93. The van der Waals surface area contributed by atoms with Crippen LogP contribution in [0.4, 0.5) is 13.6 Å². The van der Waals surface area contributed by atoms with Gasteiger partial charge in [0.05, 0.1) is 27.7 Å². The molecule has 9 heteroatoms. The van der Waals surface area contributed by atoms with Gasteiger partial charge in [-0.1, -0.05) is 37.9 Å². The van der Waals surface area contributed by atoms with Crippen LogP contribution in [0.1, 0.15) is 52.9 Å². The van der Waals surface area contributed by atoms with Crippen LogP contribution >= 0.6 is 11.6 Å². The molecule has 1 unspecified atom stereocenters. The van der Waals surface area contributed by atoms with Crippen molar-refractivity contribution in [1.82, 2.24) is 14.9 Å². The van der Waals surface area contributed by atoms with Gasteiger partial charge in [-0.05, 0) is 51.0 Å². The second-order valence-corrected chi connectivity index (χ2v) is 9.29. The van der Waals surface area contributed by atoms with E-state index in [1.807, 2.05) is 13.8 Å². The van der Waals surface area contributed by atoms with E-state index in [0.717, 1.165) is 16.7 Å². The Balaban J connectivity index is 2.32. The van der Waals surface area contributed by atoms with Gasteiger partial charge in [-0.15, -0.1) is 0 Å². The lowest BCUT2D eigenvalue weighted by Gasteiger charge is -2.28. The molecule has 176 valence electrons. The van der Waals surface area contributed by atoms with Crippen LogP contribution in [0.3, 0.4) is 0 Å². The van der Waals surface area contributed by atoms with Gasteiger partial charge in [0.2, 0.25) is 0 Å². The molecule has 1 heterocycles. The molecule has 1 N–H and O–H groups in total. The second-order valence-electron chi connectivity index (χ2n) is 8.88. The first-order valence-corrected chi connectivity index (χ1v) is 11.0. The molecule has 1 amide bonds. The molecule has 33 heavy (non-hydrogen) atoms. The highest BCUT2D eigenvalue weighted by Gasteiger charge is 2.29. The smallest absolute Gasteiger partial charge is 0.408 e. The topological polar surface area (TPSA) is 73.2 Å². The van der Waals surface area contributed by atoms with E-state index in [1.54, 1.807) is 32.9 Å². The molecule has 0 spiro atoms. The zero-order valence-corrected chi connectivity index (χ0v) is 19.8. The lowest BCUT2D eigenvalue weighted by atomic mass is 9.97. The van der Waals surface area contributed by atoms with E-state index in [0.29, 0.717) is 18.0 Å². The minimum absolute atomic E-state index is 0.0684. The largest absolute Gasteiger partial charge is 0.444 e. The van der Waals surface area contributed by atoms with Gasteiger partial charge < -0.3 is 10.1 Å². The molecule has 2 atom stereocenters. The highest BCUT2D eigenvalue weighted by atomic mass is 35.5. The number of fused-ring (bicyclic) bond motifs is 1. The number of nitrogens with one attached hydrogen (secondary N) is 1. The molecular formula is C24H26ClF2N3O3. The lowest BCUT2D eigenvalue weighted by Crippen LogP contribution is -2.40. The summed E-state index contributed by atoms with van der Waals surface area (Å²) in [5.41, 5.74) is -1.12. The minimum atomic E-state index is -0.859. The molecular weight excluding hydrogens is 452 g/mol. The molecule has 0 aliphatic carbocycles. The Morgan fingerprint density at radius 3 is 2.42 bits per heavy atom. The fraction of sp³-hybridized carbons (Fsp3) is 0.375. The van der Waals surface area contributed by atoms with E-state index in [1.165, 1.54) is 6.07 Å². The van der Waals surface area contributed by atoms with Crippen LogP contribution in [0.25, 0.3) is 16.6 Å². The Labute approximate surface area is 195 Å². The number of carbonyl (C=O) groups excluding carboxylic acids is 1. The third-order valence-corrected chi connectivity index (χ3v) is 5.46. The van der Waals surface area contributed by atoms with Crippen LogP contribution in [0, 0.1) is 17.6 Å². The lowest BCUT2D eigenvalue weighted by molar-refractivity contribution is 0.0482. The van der Waals surface area contributed by atoms with Crippen molar-refractivity contribution in [3.05, 3.63) is 69.2 Å². The zero-order valence-electron chi connectivity index (χ0n) is 19.1. The molecule has 2 aromatic carbocycles. The highest BCUT2D eigenvalue weighted by Crippen LogP contribution is 2.28. The number of aromatic nitrogens is 2. The summed E-state index contributed by atoms with van der Waals surface area (Å²) in [5, 5.41) is 3.04. The Hall–Kier alpha value is -3.00. The Kier molecular flexibility index (Phi) is 7.07. The first kappa shape index (κ1) is 24.6. The molecule has 3 rings (SSSR count). The van der Waals surface area contributed by atoms with E-state index >= 15 is 0 Å². The number of hydrogen-bond acceptors (Lipinski definition) is 4. The Morgan fingerprint density at radius 1 is 1.21 bits per heavy atom. The number of nitrogens with zero attached hydrogens (tertiary/aromatic N) is 2. The van der Waals surface area contributed by atoms with Crippen molar-refractivity contribution in [1.29, 1.82) is 0 Å². The minimum Gasteiger partial charge on any atom is -0.444 e. The number of halogens is 3. The van der Waals surface area contributed by atoms with Crippen LogP contribution in [0.2, 0.25) is 5.02 Å². The van der Waals surface area contributed by atoms with Crippen LogP contribution < -0.4 is 10.9 Å². The highest BCUT2D eigenvalue weighted by molar-refractivity contribution is 6.35.